The molecule has 1 unspecified atom stereocenters. The van der Waals surface area contributed by atoms with Crippen LogP contribution in [0.3, 0.4) is 0 Å². The standard InChI is InChI=1S/C12H19N3O3/c1-13-11(16)7-12(17)4-2-5-15(9-12)8-10-3-6-18-14-10/h3,6,17H,2,4-5,7-9H2,1H3,(H,13,16). The van der Waals surface area contributed by atoms with Crippen molar-refractivity contribution in [2.24, 2.45) is 0 Å². The quantitative estimate of drug-likeness (QED) is 0.798. The van der Waals surface area contributed by atoms with E-state index in [1.165, 1.54) is 6.26 Å². The van der Waals surface area contributed by atoms with Crippen LogP contribution in [-0.4, -0.2) is 46.8 Å². The molecule has 1 aliphatic heterocycles. The summed E-state index contributed by atoms with van der Waals surface area (Å²) in [7, 11) is 1.59. The molecule has 6 heteroatoms. The summed E-state index contributed by atoms with van der Waals surface area (Å²) in [5, 5.41) is 16.8. The summed E-state index contributed by atoms with van der Waals surface area (Å²) in [5.41, 5.74) is -0.0820. The molecule has 100 valence electrons. The van der Waals surface area contributed by atoms with Gasteiger partial charge < -0.3 is 14.9 Å². The molecule has 18 heavy (non-hydrogen) atoms. The van der Waals surface area contributed by atoms with Gasteiger partial charge in [-0.3, -0.25) is 9.69 Å². The average Bonchev–Trinajstić information content (AvgIpc) is 2.81. The largest absolute Gasteiger partial charge is 0.388 e. The Balaban J connectivity index is 1.93. The second kappa shape index (κ2) is 5.49. The minimum Gasteiger partial charge on any atom is -0.388 e. The molecule has 2 heterocycles. The summed E-state index contributed by atoms with van der Waals surface area (Å²) in [6.07, 6.45) is 3.23. The molecule has 2 rings (SSSR count). The fourth-order valence-electron chi connectivity index (χ4n) is 2.42. The van der Waals surface area contributed by atoms with Gasteiger partial charge in [0.15, 0.2) is 0 Å². The van der Waals surface area contributed by atoms with Gasteiger partial charge in [0.25, 0.3) is 0 Å². The van der Waals surface area contributed by atoms with E-state index in [2.05, 4.69) is 15.4 Å². The molecule has 0 spiro atoms. The zero-order chi connectivity index (χ0) is 13.0. The van der Waals surface area contributed by atoms with Gasteiger partial charge in [-0.1, -0.05) is 5.16 Å². The van der Waals surface area contributed by atoms with Gasteiger partial charge in [-0.15, -0.1) is 0 Å². The van der Waals surface area contributed by atoms with Crippen LogP contribution in [-0.2, 0) is 11.3 Å². The average molecular weight is 253 g/mol. The lowest BCUT2D eigenvalue weighted by atomic mass is 9.89. The summed E-state index contributed by atoms with van der Waals surface area (Å²) in [6.45, 7) is 2.04. The van der Waals surface area contributed by atoms with Crippen molar-refractivity contribution in [3.8, 4) is 0 Å². The molecule has 1 atom stereocenters. The maximum Gasteiger partial charge on any atom is 0.222 e. The van der Waals surface area contributed by atoms with Crippen LogP contribution in [0.25, 0.3) is 0 Å². The van der Waals surface area contributed by atoms with Gasteiger partial charge in [0, 0.05) is 26.2 Å². The van der Waals surface area contributed by atoms with E-state index < -0.39 is 5.60 Å². The Morgan fingerprint density at radius 1 is 1.72 bits per heavy atom. The van der Waals surface area contributed by atoms with E-state index in [-0.39, 0.29) is 12.3 Å². The highest BCUT2D eigenvalue weighted by atomic mass is 16.5. The van der Waals surface area contributed by atoms with Gasteiger partial charge in [0.1, 0.15) is 6.26 Å². The fraction of sp³-hybridized carbons (Fsp3) is 0.667. The van der Waals surface area contributed by atoms with Gasteiger partial charge in [-0.25, -0.2) is 0 Å². The highest BCUT2D eigenvalue weighted by molar-refractivity contribution is 5.76. The highest BCUT2D eigenvalue weighted by Gasteiger charge is 2.35. The topological polar surface area (TPSA) is 78.6 Å². The molecule has 0 bridgehead atoms. The van der Waals surface area contributed by atoms with Crippen LogP contribution in [0.15, 0.2) is 16.9 Å². The van der Waals surface area contributed by atoms with Crippen LogP contribution in [0, 0.1) is 0 Å². The van der Waals surface area contributed by atoms with Crippen LogP contribution < -0.4 is 5.32 Å². The number of nitrogens with zero attached hydrogens (tertiary/aromatic N) is 2. The minimum absolute atomic E-state index is 0.124. The van der Waals surface area contributed by atoms with E-state index in [1.54, 1.807) is 7.05 Å². The molecule has 1 aliphatic rings. The first-order chi connectivity index (χ1) is 8.61. The minimum atomic E-state index is -0.928. The predicted octanol–water partition coefficient (Wildman–Crippen LogP) is 0.138. The second-order valence-electron chi connectivity index (χ2n) is 4.88. The van der Waals surface area contributed by atoms with Crippen molar-refractivity contribution < 1.29 is 14.4 Å². The van der Waals surface area contributed by atoms with Crippen LogP contribution in [0.4, 0.5) is 0 Å². The smallest absolute Gasteiger partial charge is 0.222 e. The number of rotatable bonds is 4. The normalized spacial score (nSPS) is 25.0. The van der Waals surface area contributed by atoms with Crippen molar-refractivity contribution in [1.82, 2.24) is 15.4 Å². The molecule has 1 aromatic rings. The molecule has 1 amide bonds. The Labute approximate surface area is 106 Å². The molecule has 1 fully saturated rings. The molecule has 1 saturated heterocycles. The van der Waals surface area contributed by atoms with E-state index in [4.69, 9.17) is 4.52 Å². The van der Waals surface area contributed by atoms with Gasteiger partial charge >= 0.3 is 0 Å². The Morgan fingerprint density at radius 3 is 3.22 bits per heavy atom. The lowest BCUT2D eigenvalue weighted by Gasteiger charge is -2.38. The Kier molecular flexibility index (Phi) is 3.98. The zero-order valence-electron chi connectivity index (χ0n) is 10.6. The third-order valence-corrected chi connectivity index (χ3v) is 3.28. The third-order valence-electron chi connectivity index (χ3n) is 3.28. The number of amides is 1. The number of aromatic nitrogens is 1. The predicted molar refractivity (Wildman–Crippen MR) is 64.6 cm³/mol. The number of carbonyl (C=O) groups excluding carboxylic acids is 1. The molecule has 0 aliphatic carbocycles. The lowest BCUT2D eigenvalue weighted by Crippen LogP contribution is -2.49. The number of carbonyl (C=O) groups is 1. The zero-order valence-corrected chi connectivity index (χ0v) is 10.6. The number of piperidine rings is 1. The van der Waals surface area contributed by atoms with Crippen molar-refractivity contribution in [3.05, 3.63) is 18.0 Å². The highest BCUT2D eigenvalue weighted by Crippen LogP contribution is 2.25. The maximum absolute atomic E-state index is 11.4. The molecule has 2 N–H and O–H groups in total. The van der Waals surface area contributed by atoms with Gasteiger partial charge in [-0.05, 0) is 19.4 Å². The fourth-order valence-corrected chi connectivity index (χ4v) is 2.42. The third kappa shape index (κ3) is 3.30. The van der Waals surface area contributed by atoms with E-state index in [0.717, 1.165) is 18.7 Å². The van der Waals surface area contributed by atoms with E-state index in [0.29, 0.717) is 19.5 Å². The molecule has 0 radical (unpaired) electrons. The molecule has 6 nitrogen and oxygen atoms in total. The Hall–Kier alpha value is -1.40. The van der Waals surface area contributed by atoms with Crippen LogP contribution in [0.1, 0.15) is 25.0 Å². The summed E-state index contributed by atoms with van der Waals surface area (Å²) in [6, 6.07) is 1.81. The first-order valence-electron chi connectivity index (χ1n) is 6.16. The first kappa shape index (κ1) is 13.0. The molecular weight excluding hydrogens is 234 g/mol. The van der Waals surface area contributed by atoms with Crippen LogP contribution in [0.5, 0.6) is 0 Å². The molecule has 0 aromatic carbocycles. The number of hydrogen-bond acceptors (Lipinski definition) is 5. The summed E-state index contributed by atoms with van der Waals surface area (Å²) in [5.74, 6) is -0.124. The van der Waals surface area contributed by atoms with Crippen molar-refractivity contribution in [1.29, 1.82) is 0 Å². The van der Waals surface area contributed by atoms with Crippen molar-refractivity contribution in [3.63, 3.8) is 0 Å². The first-order valence-corrected chi connectivity index (χ1v) is 6.16. The second-order valence-corrected chi connectivity index (χ2v) is 4.88. The Bertz CT molecular complexity index is 393. The van der Waals surface area contributed by atoms with Crippen LogP contribution in [0.2, 0.25) is 0 Å². The molecule has 0 saturated carbocycles. The molecular formula is C12H19N3O3. The number of β-amino-alcohol motifs (C(OH)–C–C–N with tert-alkyl or cyclic N) is 1. The van der Waals surface area contributed by atoms with E-state index >= 15 is 0 Å². The summed E-state index contributed by atoms with van der Waals surface area (Å²) >= 11 is 0. The number of aliphatic hydroxyl groups is 1. The summed E-state index contributed by atoms with van der Waals surface area (Å²) < 4.78 is 4.79. The van der Waals surface area contributed by atoms with Gasteiger partial charge in [0.05, 0.1) is 17.7 Å². The molecule has 1 aromatic heterocycles. The van der Waals surface area contributed by atoms with Crippen molar-refractivity contribution in [2.75, 3.05) is 20.1 Å². The Morgan fingerprint density at radius 2 is 2.56 bits per heavy atom. The lowest BCUT2D eigenvalue weighted by molar-refractivity contribution is -0.128. The number of hydrogen-bond donors (Lipinski definition) is 2. The van der Waals surface area contributed by atoms with Crippen molar-refractivity contribution >= 4 is 5.91 Å². The van der Waals surface area contributed by atoms with Crippen LogP contribution >= 0.6 is 0 Å². The monoisotopic (exact) mass is 253 g/mol. The summed E-state index contributed by atoms with van der Waals surface area (Å²) in [4.78, 5) is 13.5. The van der Waals surface area contributed by atoms with E-state index in [1.807, 2.05) is 6.07 Å². The SMILES string of the molecule is CNC(=O)CC1(O)CCCN(Cc2ccon2)C1. The number of nitrogens with one attached hydrogen (secondary N) is 1. The number of likely N-dealkylation sites (tertiary alicyclic amines) is 1. The van der Waals surface area contributed by atoms with Gasteiger partial charge in [0.2, 0.25) is 5.91 Å². The van der Waals surface area contributed by atoms with Gasteiger partial charge in [-0.2, -0.15) is 0 Å². The maximum atomic E-state index is 11.4. The van der Waals surface area contributed by atoms with Crippen molar-refractivity contribution in [2.45, 2.75) is 31.4 Å². The van der Waals surface area contributed by atoms with E-state index in [9.17, 15) is 9.90 Å².